The monoisotopic (exact) mass is 363 g/mol. The molecule has 27 heavy (non-hydrogen) atoms. The van der Waals surface area contributed by atoms with Gasteiger partial charge in [0, 0.05) is 51.3 Å². The lowest BCUT2D eigenvalue weighted by molar-refractivity contribution is 0.665. The van der Waals surface area contributed by atoms with Gasteiger partial charge in [0.15, 0.2) is 5.96 Å². The summed E-state index contributed by atoms with van der Waals surface area (Å²) < 4.78 is 3.82. The average molecular weight is 363 g/mol. The SMILES string of the molecule is CN=C(NCCn1cccc1)NCc1ccc(Cn2ccccc2=O)cc1. The Kier molecular flexibility index (Phi) is 6.46. The summed E-state index contributed by atoms with van der Waals surface area (Å²) in [6.07, 6.45) is 5.90. The summed E-state index contributed by atoms with van der Waals surface area (Å²) in [7, 11) is 1.77. The minimum absolute atomic E-state index is 0.0121. The van der Waals surface area contributed by atoms with E-state index in [0.29, 0.717) is 13.1 Å². The molecule has 3 aromatic rings. The van der Waals surface area contributed by atoms with E-state index in [9.17, 15) is 4.79 Å². The quantitative estimate of drug-likeness (QED) is 0.499. The molecule has 0 bridgehead atoms. The third-order valence-electron chi connectivity index (χ3n) is 4.29. The van der Waals surface area contributed by atoms with E-state index in [1.165, 1.54) is 0 Å². The zero-order chi connectivity index (χ0) is 18.9. The number of benzene rings is 1. The second-order valence-electron chi connectivity index (χ2n) is 6.26. The molecule has 6 heteroatoms. The molecule has 0 radical (unpaired) electrons. The molecule has 6 nitrogen and oxygen atoms in total. The molecule has 0 atom stereocenters. The Balaban J connectivity index is 1.47. The summed E-state index contributed by atoms with van der Waals surface area (Å²) in [5.74, 6) is 0.780. The number of nitrogens with one attached hydrogen (secondary N) is 2. The van der Waals surface area contributed by atoms with Crippen LogP contribution in [-0.2, 0) is 19.6 Å². The van der Waals surface area contributed by atoms with E-state index in [4.69, 9.17) is 0 Å². The molecule has 2 aromatic heterocycles. The molecule has 0 saturated carbocycles. The average Bonchev–Trinajstić information content (AvgIpc) is 3.21. The molecular formula is C21H25N5O. The molecule has 0 saturated heterocycles. The number of pyridine rings is 1. The van der Waals surface area contributed by atoms with Gasteiger partial charge in [-0.05, 0) is 29.3 Å². The first-order valence-corrected chi connectivity index (χ1v) is 9.03. The van der Waals surface area contributed by atoms with Crippen LogP contribution in [0.4, 0.5) is 0 Å². The minimum Gasteiger partial charge on any atom is -0.355 e. The van der Waals surface area contributed by atoms with Crippen molar-refractivity contribution in [1.29, 1.82) is 0 Å². The third kappa shape index (κ3) is 5.60. The van der Waals surface area contributed by atoms with Crippen molar-refractivity contribution in [3.8, 4) is 0 Å². The van der Waals surface area contributed by atoms with E-state index in [0.717, 1.165) is 30.2 Å². The van der Waals surface area contributed by atoms with Crippen LogP contribution in [0.5, 0.6) is 0 Å². The number of hydrogen-bond acceptors (Lipinski definition) is 2. The molecule has 2 N–H and O–H groups in total. The van der Waals surface area contributed by atoms with Gasteiger partial charge in [-0.1, -0.05) is 30.3 Å². The molecule has 0 amide bonds. The molecule has 3 rings (SSSR count). The Bertz CT molecular complexity index is 910. The van der Waals surface area contributed by atoms with Gasteiger partial charge in [-0.2, -0.15) is 0 Å². The number of nitrogens with zero attached hydrogens (tertiary/aromatic N) is 3. The summed E-state index contributed by atoms with van der Waals surface area (Å²) in [5.41, 5.74) is 2.27. The van der Waals surface area contributed by atoms with Crippen LogP contribution in [0, 0.1) is 0 Å². The largest absolute Gasteiger partial charge is 0.355 e. The maximum atomic E-state index is 11.8. The highest BCUT2D eigenvalue weighted by molar-refractivity contribution is 5.79. The van der Waals surface area contributed by atoms with Crippen molar-refractivity contribution in [2.24, 2.45) is 4.99 Å². The summed E-state index contributed by atoms with van der Waals surface area (Å²) in [4.78, 5) is 16.0. The van der Waals surface area contributed by atoms with Crippen molar-refractivity contribution < 1.29 is 0 Å². The molecular weight excluding hydrogens is 338 g/mol. The first-order valence-electron chi connectivity index (χ1n) is 9.03. The van der Waals surface area contributed by atoms with E-state index in [-0.39, 0.29) is 5.56 Å². The Labute approximate surface area is 159 Å². The van der Waals surface area contributed by atoms with Crippen LogP contribution in [0.2, 0.25) is 0 Å². The zero-order valence-corrected chi connectivity index (χ0v) is 15.5. The van der Waals surface area contributed by atoms with Crippen LogP contribution in [0.15, 0.2) is 83.0 Å². The highest BCUT2D eigenvalue weighted by Gasteiger charge is 2.00. The van der Waals surface area contributed by atoms with Crippen LogP contribution < -0.4 is 16.2 Å². The van der Waals surface area contributed by atoms with Crippen molar-refractivity contribution in [3.05, 3.63) is 94.7 Å². The van der Waals surface area contributed by atoms with Crippen LogP contribution in [0.1, 0.15) is 11.1 Å². The van der Waals surface area contributed by atoms with Gasteiger partial charge in [0.25, 0.3) is 5.56 Å². The van der Waals surface area contributed by atoms with Gasteiger partial charge in [0.2, 0.25) is 0 Å². The second-order valence-corrected chi connectivity index (χ2v) is 6.26. The van der Waals surface area contributed by atoms with Gasteiger partial charge in [0.1, 0.15) is 0 Å². The van der Waals surface area contributed by atoms with Gasteiger partial charge in [-0.15, -0.1) is 0 Å². The fourth-order valence-corrected chi connectivity index (χ4v) is 2.78. The second kappa shape index (κ2) is 9.43. The van der Waals surface area contributed by atoms with Crippen molar-refractivity contribution in [1.82, 2.24) is 19.8 Å². The molecule has 0 aliphatic rings. The predicted octanol–water partition coefficient (Wildman–Crippen LogP) is 2.06. The number of hydrogen-bond donors (Lipinski definition) is 2. The molecule has 0 unspecified atom stereocenters. The fraction of sp³-hybridized carbons (Fsp3) is 0.238. The predicted molar refractivity (Wildman–Crippen MR) is 109 cm³/mol. The summed E-state index contributed by atoms with van der Waals surface area (Å²) in [6.45, 7) is 2.96. The zero-order valence-electron chi connectivity index (χ0n) is 15.5. The lowest BCUT2D eigenvalue weighted by Gasteiger charge is -2.13. The molecule has 0 aliphatic carbocycles. The van der Waals surface area contributed by atoms with Crippen LogP contribution in [0.25, 0.3) is 0 Å². The molecule has 140 valence electrons. The van der Waals surface area contributed by atoms with Crippen molar-refractivity contribution in [2.75, 3.05) is 13.6 Å². The summed E-state index contributed by atoms with van der Waals surface area (Å²) >= 11 is 0. The van der Waals surface area contributed by atoms with Crippen LogP contribution in [-0.4, -0.2) is 28.7 Å². The van der Waals surface area contributed by atoms with E-state index < -0.39 is 0 Å². The minimum atomic E-state index is 0.0121. The normalized spacial score (nSPS) is 11.4. The third-order valence-corrected chi connectivity index (χ3v) is 4.29. The van der Waals surface area contributed by atoms with E-state index in [2.05, 4.69) is 44.5 Å². The lowest BCUT2D eigenvalue weighted by atomic mass is 10.1. The van der Waals surface area contributed by atoms with E-state index >= 15 is 0 Å². The van der Waals surface area contributed by atoms with Gasteiger partial charge >= 0.3 is 0 Å². The van der Waals surface area contributed by atoms with E-state index in [1.54, 1.807) is 29.9 Å². The maximum absolute atomic E-state index is 11.8. The van der Waals surface area contributed by atoms with Gasteiger partial charge in [-0.25, -0.2) is 0 Å². The smallest absolute Gasteiger partial charge is 0.250 e. The van der Waals surface area contributed by atoms with E-state index in [1.807, 2.05) is 30.6 Å². The van der Waals surface area contributed by atoms with Gasteiger partial charge in [0.05, 0.1) is 6.54 Å². The number of aromatic nitrogens is 2. The molecule has 2 heterocycles. The lowest BCUT2D eigenvalue weighted by Crippen LogP contribution is -2.38. The highest BCUT2D eigenvalue weighted by atomic mass is 16.1. The topological polar surface area (TPSA) is 63.4 Å². The van der Waals surface area contributed by atoms with Crippen LogP contribution >= 0.6 is 0 Å². The Hall–Kier alpha value is -3.28. The molecule has 0 fully saturated rings. The first-order chi connectivity index (χ1) is 13.2. The van der Waals surface area contributed by atoms with Gasteiger partial charge in [-0.3, -0.25) is 9.79 Å². The highest BCUT2D eigenvalue weighted by Crippen LogP contribution is 2.05. The Morgan fingerprint density at radius 2 is 1.63 bits per heavy atom. The Morgan fingerprint density at radius 3 is 2.33 bits per heavy atom. The molecule has 0 aliphatic heterocycles. The fourth-order valence-electron chi connectivity index (χ4n) is 2.78. The molecule has 1 aromatic carbocycles. The van der Waals surface area contributed by atoms with Crippen LogP contribution in [0.3, 0.4) is 0 Å². The summed E-state index contributed by atoms with van der Waals surface area (Å²) in [5, 5.41) is 6.63. The van der Waals surface area contributed by atoms with Crippen molar-refractivity contribution in [2.45, 2.75) is 19.6 Å². The van der Waals surface area contributed by atoms with Gasteiger partial charge < -0.3 is 19.8 Å². The Morgan fingerprint density at radius 1 is 0.926 bits per heavy atom. The number of aliphatic imine (C=N–C) groups is 1. The summed E-state index contributed by atoms with van der Waals surface area (Å²) in [6, 6.07) is 17.5. The van der Waals surface area contributed by atoms with Crippen molar-refractivity contribution >= 4 is 5.96 Å². The first kappa shape index (κ1) is 18.5. The number of rotatable bonds is 7. The standard InChI is InChI=1S/C21H25N5O/c1-22-21(23-11-15-25-12-4-5-13-25)24-16-18-7-9-19(10-8-18)17-26-14-3-2-6-20(26)27/h2-10,12-14H,11,15-17H2,1H3,(H2,22,23,24). The number of guanidine groups is 1. The maximum Gasteiger partial charge on any atom is 0.250 e. The van der Waals surface area contributed by atoms with Crippen molar-refractivity contribution in [3.63, 3.8) is 0 Å². The molecule has 0 spiro atoms.